The molecule has 0 fully saturated rings. The van der Waals surface area contributed by atoms with Gasteiger partial charge >= 0.3 is 12.1 Å². The molecule has 2 N–H and O–H groups in total. The van der Waals surface area contributed by atoms with Gasteiger partial charge in [-0.15, -0.1) is 22.7 Å². The van der Waals surface area contributed by atoms with Gasteiger partial charge in [0.1, 0.15) is 0 Å². The Balaban J connectivity index is 1.48. The molecule has 0 aromatic carbocycles. The van der Waals surface area contributed by atoms with E-state index in [1.54, 1.807) is 25.4 Å². The first-order chi connectivity index (χ1) is 13.9. The third kappa shape index (κ3) is 6.11. The predicted molar refractivity (Wildman–Crippen MR) is 112 cm³/mol. The lowest BCUT2D eigenvalue weighted by Gasteiger charge is -2.15. The van der Waals surface area contributed by atoms with Gasteiger partial charge in [0, 0.05) is 22.9 Å². The molecule has 0 aliphatic rings. The second-order valence-electron chi connectivity index (χ2n) is 5.92. The summed E-state index contributed by atoms with van der Waals surface area (Å²) in [4.78, 5) is 30.8. The number of nitrogens with one attached hydrogen (secondary N) is 2. The van der Waals surface area contributed by atoms with Crippen LogP contribution in [0.3, 0.4) is 0 Å². The molecule has 3 amide bonds. The number of urea groups is 1. The van der Waals surface area contributed by atoms with E-state index in [2.05, 4.69) is 25.8 Å². The highest BCUT2D eigenvalue weighted by atomic mass is 35.5. The highest BCUT2D eigenvalue weighted by molar-refractivity contribution is 7.16. The van der Waals surface area contributed by atoms with E-state index in [0.717, 1.165) is 4.88 Å². The van der Waals surface area contributed by atoms with Gasteiger partial charge < -0.3 is 15.0 Å². The van der Waals surface area contributed by atoms with Crippen LogP contribution in [-0.2, 0) is 13.1 Å². The van der Waals surface area contributed by atoms with Crippen molar-refractivity contribution in [3.8, 4) is 5.75 Å². The number of carbonyl (C=O) groups excluding carboxylic acids is 2. The van der Waals surface area contributed by atoms with Crippen LogP contribution in [-0.4, -0.2) is 39.3 Å². The van der Waals surface area contributed by atoms with Crippen molar-refractivity contribution in [1.29, 1.82) is 0 Å². The average molecular weight is 453 g/mol. The van der Waals surface area contributed by atoms with Crippen molar-refractivity contribution >= 4 is 51.5 Å². The lowest BCUT2D eigenvalue weighted by Crippen LogP contribution is -2.30. The van der Waals surface area contributed by atoms with Crippen molar-refractivity contribution in [2.24, 2.45) is 0 Å². The van der Waals surface area contributed by atoms with Gasteiger partial charge in [0.2, 0.25) is 0 Å². The Labute approximate surface area is 179 Å². The van der Waals surface area contributed by atoms with Crippen LogP contribution in [0.2, 0.25) is 4.34 Å². The second kappa shape index (κ2) is 9.63. The van der Waals surface area contributed by atoms with Crippen molar-refractivity contribution in [3.05, 3.63) is 50.4 Å². The molecule has 0 aliphatic heterocycles. The molecule has 0 atom stereocenters. The predicted octanol–water partition coefficient (Wildman–Crippen LogP) is 3.91. The fraction of sp³-hybridized carbons (Fsp3) is 0.235. The SMILES string of the molecule is Cc1cnncc1OC(=O)N(C)Cc1csc(NC(=O)NCc2ccc(Cl)s2)n1. The smallest absolute Gasteiger partial charge is 0.408 e. The van der Waals surface area contributed by atoms with Gasteiger partial charge in [0.15, 0.2) is 10.9 Å². The number of hydrogen-bond acceptors (Lipinski definition) is 8. The van der Waals surface area contributed by atoms with Gasteiger partial charge in [-0.25, -0.2) is 14.6 Å². The topological polar surface area (TPSA) is 109 Å². The molecule has 12 heteroatoms. The standard InChI is InChI=1S/C17H17ClN6O3S2/c1-10-5-20-21-7-13(10)27-17(26)24(2)8-11-9-28-16(22-11)23-15(25)19-6-12-3-4-14(18)29-12/h3-5,7,9H,6,8H2,1-2H3,(H2,19,22,23,25). The lowest BCUT2D eigenvalue weighted by atomic mass is 10.3. The maximum Gasteiger partial charge on any atom is 0.415 e. The number of aryl methyl sites for hydroxylation is 1. The van der Waals surface area contributed by atoms with E-state index in [1.807, 2.05) is 6.07 Å². The van der Waals surface area contributed by atoms with Gasteiger partial charge in [0.25, 0.3) is 0 Å². The number of thiophene rings is 1. The first-order valence-corrected chi connectivity index (χ1v) is 10.4. The first kappa shape index (κ1) is 21.0. The van der Waals surface area contributed by atoms with E-state index in [0.29, 0.717) is 33.0 Å². The molecule has 9 nitrogen and oxygen atoms in total. The average Bonchev–Trinajstić information content (AvgIpc) is 3.30. The maximum atomic E-state index is 12.2. The molecular weight excluding hydrogens is 436 g/mol. The Morgan fingerprint density at radius 1 is 1.28 bits per heavy atom. The Morgan fingerprint density at radius 2 is 2.07 bits per heavy atom. The number of ether oxygens (including phenoxy) is 1. The number of thiazole rings is 1. The van der Waals surface area contributed by atoms with Crippen molar-refractivity contribution in [1.82, 2.24) is 25.4 Å². The zero-order valence-corrected chi connectivity index (χ0v) is 17.9. The molecule has 0 radical (unpaired) electrons. The van der Waals surface area contributed by atoms with Crippen LogP contribution in [0.4, 0.5) is 14.7 Å². The molecule has 0 spiro atoms. The van der Waals surface area contributed by atoms with Gasteiger partial charge in [-0.2, -0.15) is 10.2 Å². The van der Waals surface area contributed by atoms with Gasteiger partial charge in [-0.3, -0.25) is 5.32 Å². The van der Waals surface area contributed by atoms with E-state index >= 15 is 0 Å². The fourth-order valence-electron chi connectivity index (χ4n) is 2.15. The van der Waals surface area contributed by atoms with Crippen molar-refractivity contribution < 1.29 is 14.3 Å². The summed E-state index contributed by atoms with van der Waals surface area (Å²) in [5, 5.41) is 15.0. The summed E-state index contributed by atoms with van der Waals surface area (Å²) < 4.78 is 5.97. The summed E-state index contributed by atoms with van der Waals surface area (Å²) in [5.41, 5.74) is 1.33. The Bertz CT molecular complexity index is 1010. The summed E-state index contributed by atoms with van der Waals surface area (Å²) in [7, 11) is 1.59. The zero-order valence-electron chi connectivity index (χ0n) is 15.5. The molecule has 0 aliphatic carbocycles. The summed E-state index contributed by atoms with van der Waals surface area (Å²) in [5.74, 6) is 0.348. The molecular formula is C17H17ClN6O3S2. The minimum absolute atomic E-state index is 0.226. The Kier molecular flexibility index (Phi) is 6.96. The summed E-state index contributed by atoms with van der Waals surface area (Å²) >= 11 is 8.53. The number of aromatic nitrogens is 3. The number of anilines is 1. The largest absolute Gasteiger partial charge is 0.415 e. The molecule has 0 unspecified atom stereocenters. The molecule has 0 saturated carbocycles. The van der Waals surface area contributed by atoms with Crippen LogP contribution in [0.15, 0.2) is 29.9 Å². The highest BCUT2D eigenvalue weighted by Crippen LogP contribution is 2.21. The Hall–Kier alpha value is -2.76. The van der Waals surface area contributed by atoms with E-state index in [1.165, 1.54) is 40.0 Å². The number of carbonyl (C=O) groups is 2. The van der Waals surface area contributed by atoms with E-state index < -0.39 is 6.09 Å². The lowest BCUT2D eigenvalue weighted by molar-refractivity contribution is 0.160. The van der Waals surface area contributed by atoms with E-state index in [4.69, 9.17) is 16.3 Å². The number of rotatable bonds is 6. The molecule has 152 valence electrons. The van der Waals surface area contributed by atoms with E-state index in [9.17, 15) is 9.59 Å². The quantitative estimate of drug-likeness (QED) is 0.586. The normalized spacial score (nSPS) is 10.4. The van der Waals surface area contributed by atoms with Gasteiger partial charge in [-0.1, -0.05) is 11.6 Å². The molecule has 3 rings (SSSR count). The number of halogens is 1. The zero-order chi connectivity index (χ0) is 20.8. The summed E-state index contributed by atoms with van der Waals surface area (Å²) in [6.45, 7) is 2.37. The van der Waals surface area contributed by atoms with Gasteiger partial charge in [0.05, 0.1) is 35.5 Å². The van der Waals surface area contributed by atoms with Crippen LogP contribution < -0.4 is 15.4 Å². The minimum atomic E-state index is -0.545. The minimum Gasteiger partial charge on any atom is -0.408 e. The second-order valence-corrected chi connectivity index (χ2v) is 8.58. The van der Waals surface area contributed by atoms with Crippen LogP contribution in [0.1, 0.15) is 16.1 Å². The molecule has 0 bridgehead atoms. The molecule has 3 heterocycles. The fourth-order valence-corrected chi connectivity index (χ4v) is 3.87. The maximum absolute atomic E-state index is 12.2. The first-order valence-electron chi connectivity index (χ1n) is 8.34. The van der Waals surface area contributed by atoms with Crippen LogP contribution >= 0.6 is 34.3 Å². The number of hydrogen-bond donors (Lipinski definition) is 2. The van der Waals surface area contributed by atoms with Crippen LogP contribution in [0.5, 0.6) is 5.75 Å². The Morgan fingerprint density at radius 3 is 2.79 bits per heavy atom. The molecule has 3 aromatic heterocycles. The van der Waals surface area contributed by atoms with Crippen molar-refractivity contribution in [2.75, 3.05) is 12.4 Å². The van der Waals surface area contributed by atoms with Crippen LogP contribution in [0.25, 0.3) is 0 Å². The van der Waals surface area contributed by atoms with Crippen LogP contribution in [0, 0.1) is 6.92 Å². The molecule has 29 heavy (non-hydrogen) atoms. The van der Waals surface area contributed by atoms with Gasteiger partial charge in [-0.05, 0) is 19.1 Å². The molecule has 0 saturated heterocycles. The van der Waals surface area contributed by atoms with E-state index in [-0.39, 0.29) is 12.6 Å². The summed E-state index contributed by atoms with van der Waals surface area (Å²) in [6, 6.07) is 3.26. The number of nitrogens with zero attached hydrogens (tertiary/aromatic N) is 4. The van der Waals surface area contributed by atoms with Crippen molar-refractivity contribution in [3.63, 3.8) is 0 Å². The monoisotopic (exact) mass is 452 g/mol. The molecule has 3 aromatic rings. The number of amides is 3. The summed E-state index contributed by atoms with van der Waals surface area (Å²) in [6.07, 6.45) is 2.35. The third-order valence-electron chi connectivity index (χ3n) is 3.61. The third-order valence-corrected chi connectivity index (χ3v) is 5.65. The highest BCUT2D eigenvalue weighted by Gasteiger charge is 2.15. The van der Waals surface area contributed by atoms with Crippen molar-refractivity contribution in [2.45, 2.75) is 20.0 Å².